The molecule has 2 aromatic carbocycles. The topological polar surface area (TPSA) is 29.1 Å². The summed E-state index contributed by atoms with van der Waals surface area (Å²) in [6.45, 7) is 4.81. The van der Waals surface area contributed by atoms with Crippen LogP contribution >= 0.6 is 0 Å². The second-order valence-corrected chi connectivity index (χ2v) is 4.95. The molecule has 0 aliphatic carbocycles. The zero-order valence-corrected chi connectivity index (χ0v) is 11.4. The minimum Gasteiger partial charge on any atom is -0.348 e. The first-order valence-electron chi connectivity index (χ1n) is 6.59. The molecule has 0 spiro atoms. The zero-order valence-electron chi connectivity index (χ0n) is 11.4. The minimum absolute atomic E-state index is 0.0219. The van der Waals surface area contributed by atoms with E-state index in [-0.39, 0.29) is 5.91 Å². The first kappa shape index (κ1) is 13.3. The predicted molar refractivity (Wildman–Crippen MR) is 78.1 cm³/mol. The third-order valence-corrected chi connectivity index (χ3v) is 3.11. The maximum atomic E-state index is 12.1. The van der Waals surface area contributed by atoms with Gasteiger partial charge in [-0.05, 0) is 29.2 Å². The third-order valence-electron chi connectivity index (χ3n) is 3.11. The maximum absolute atomic E-state index is 12.1. The van der Waals surface area contributed by atoms with Crippen molar-refractivity contribution < 1.29 is 4.79 Å². The minimum atomic E-state index is -0.0219. The van der Waals surface area contributed by atoms with E-state index in [1.165, 1.54) is 5.56 Å². The Morgan fingerprint density at radius 3 is 2.47 bits per heavy atom. The van der Waals surface area contributed by atoms with E-state index < -0.39 is 0 Å². The van der Waals surface area contributed by atoms with E-state index in [1.807, 2.05) is 48.5 Å². The van der Waals surface area contributed by atoms with Crippen LogP contribution in [-0.2, 0) is 6.54 Å². The molecule has 98 valence electrons. The van der Waals surface area contributed by atoms with Crippen molar-refractivity contribution in [1.29, 1.82) is 0 Å². The molecule has 0 radical (unpaired) electrons. The summed E-state index contributed by atoms with van der Waals surface area (Å²) in [5, 5.41) is 2.94. The summed E-state index contributed by atoms with van der Waals surface area (Å²) in [5.74, 6) is 0.410. The van der Waals surface area contributed by atoms with Gasteiger partial charge in [-0.1, -0.05) is 56.3 Å². The highest BCUT2D eigenvalue weighted by molar-refractivity contribution is 5.94. The second kappa shape index (κ2) is 6.19. The number of hydrogen-bond donors (Lipinski definition) is 1. The van der Waals surface area contributed by atoms with Gasteiger partial charge in [-0.15, -0.1) is 0 Å². The van der Waals surface area contributed by atoms with Gasteiger partial charge in [-0.2, -0.15) is 0 Å². The lowest BCUT2D eigenvalue weighted by Gasteiger charge is -2.09. The van der Waals surface area contributed by atoms with Crippen LogP contribution in [0.3, 0.4) is 0 Å². The molecule has 2 heteroatoms. The van der Waals surface area contributed by atoms with Crippen molar-refractivity contribution >= 4 is 5.91 Å². The van der Waals surface area contributed by atoms with Crippen molar-refractivity contribution in [3.05, 3.63) is 71.3 Å². The number of amides is 1. The Morgan fingerprint density at radius 2 is 1.79 bits per heavy atom. The molecule has 2 aromatic rings. The summed E-state index contributed by atoms with van der Waals surface area (Å²) in [6.07, 6.45) is 0. The van der Waals surface area contributed by atoms with Gasteiger partial charge < -0.3 is 5.32 Å². The highest BCUT2D eigenvalue weighted by atomic mass is 16.1. The van der Waals surface area contributed by atoms with E-state index in [1.54, 1.807) is 0 Å². The SMILES string of the molecule is CC(C)c1cccc(C(=O)NCc2ccccc2)c1. The molecule has 0 bridgehead atoms. The number of hydrogen-bond acceptors (Lipinski definition) is 1. The normalized spacial score (nSPS) is 10.5. The highest BCUT2D eigenvalue weighted by Crippen LogP contribution is 2.15. The molecule has 19 heavy (non-hydrogen) atoms. The van der Waals surface area contributed by atoms with Crippen LogP contribution in [0, 0.1) is 0 Å². The number of nitrogens with one attached hydrogen (secondary N) is 1. The van der Waals surface area contributed by atoms with Crippen LogP contribution in [0.2, 0.25) is 0 Å². The Morgan fingerprint density at radius 1 is 1.05 bits per heavy atom. The molecule has 0 heterocycles. The zero-order chi connectivity index (χ0) is 13.7. The summed E-state index contributed by atoms with van der Waals surface area (Å²) in [7, 11) is 0. The van der Waals surface area contributed by atoms with Crippen molar-refractivity contribution in [3.8, 4) is 0 Å². The summed E-state index contributed by atoms with van der Waals surface area (Å²) in [5.41, 5.74) is 3.02. The smallest absolute Gasteiger partial charge is 0.251 e. The average molecular weight is 253 g/mol. The average Bonchev–Trinajstić information content (AvgIpc) is 2.46. The molecular formula is C17H19NO. The molecule has 0 saturated carbocycles. The summed E-state index contributed by atoms with van der Waals surface area (Å²) < 4.78 is 0. The Balaban J connectivity index is 2.02. The molecule has 1 amide bonds. The Hall–Kier alpha value is -2.09. The standard InChI is InChI=1S/C17H19NO/c1-13(2)15-9-6-10-16(11-15)17(19)18-12-14-7-4-3-5-8-14/h3-11,13H,12H2,1-2H3,(H,18,19). The van der Waals surface area contributed by atoms with Crippen LogP contribution in [0.25, 0.3) is 0 Å². The first-order chi connectivity index (χ1) is 9.16. The number of carbonyl (C=O) groups excluding carboxylic acids is 1. The molecule has 0 aliphatic rings. The lowest BCUT2D eigenvalue weighted by molar-refractivity contribution is 0.0951. The van der Waals surface area contributed by atoms with E-state index in [0.717, 1.165) is 11.1 Å². The molecule has 0 fully saturated rings. The van der Waals surface area contributed by atoms with Crippen LogP contribution in [0.5, 0.6) is 0 Å². The number of carbonyl (C=O) groups is 1. The predicted octanol–water partition coefficient (Wildman–Crippen LogP) is 3.74. The molecule has 2 nitrogen and oxygen atoms in total. The third kappa shape index (κ3) is 3.68. The van der Waals surface area contributed by atoms with Crippen molar-refractivity contribution in [1.82, 2.24) is 5.32 Å². The molecule has 0 aliphatic heterocycles. The fraction of sp³-hybridized carbons (Fsp3) is 0.235. The summed E-state index contributed by atoms with van der Waals surface area (Å²) >= 11 is 0. The number of rotatable bonds is 4. The van der Waals surface area contributed by atoms with Gasteiger partial charge in [0.05, 0.1) is 0 Å². The molecule has 1 N–H and O–H groups in total. The van der Waals surface area contributed by atoms with Gasteiger partial charge in [0, 0.05) is 12.1 Å². The molecular weight excluding hydrogens is 234 g/mol. The van der Waals surface area contributed by atoms with E-state index >= 15 is 0 Å². The van der Waals surface area contributed by atoms with Crippen molar-refractivity contribution in [2.45, 2.75) is 26.3 Å². The molecule has 0 aromatic heterocycles. The van der Waals surface area contributed by atoms with Gasteiger partial charge in [-0.25, -0.2) is 0 Å². The number of benzene rings is 2. The Labute approximate surface area is 114 Å². The van der Waals surface area contributed by atoms with Crippen LogP contribution < -0.4 is 5.32 Å². The molecule has 0 unspecified atom stereocenters. The van der Waals surface area contributed by atoms with Crippen LogP contribution in [0.1, 0.15) is 41.3 Å². The van der Waals surface area contributed by atoms with Crippen molar-refractivity contribution in [2.75, 3.05) is 0 Å². The van der Waals surface area contributed by atoms with Gasteiger partial charge in [0.25, 0.3) is 5.91 Å². The summed E-state index contributed by atoms with van der Waals surface area (Å²) in [6, 6.07) is 17.7. The van der Waals surface area contributed by atoms with E-state index in [2.05, 4.69) is 25.2 Å². The Bertz CT molecular complexity index is 546. The van der Waals surface area contributed by atoms with Crippen LogP contribution in [0.15, 0.2) is 54.6 Å². The fourth-order valence-electron chi connectivity index (χ4n) is 1.92. The largest absolute Gasteiger partial charge is 0.348 e. The fourth-order valence-corrected chi connectivity index (χ4v) is 1.92. The van der Waals surface area contributed by atoms with Crippen LogP contribution in [-0.4, -0.2) is 5.91 Å². The van der Waals surface area contributed by atoms with Crippen LogP contribution in [0.4, 0.5) is 0 Å². The molecule has 0 saturated heterocycles. The highest BCUT2D eigenvalue weighted by Gasteiger charge is 2.07. The lowest BCUT2D eigenvalue weighted by Crippen LogP contribution is -2.22. The van der Waals surface area contributed by atoms with E-state index in [0.29, 0.717) is 12.5 Å². The quantitative estimate of drug-likeness (QED) is 0.883. The van der Waals surface area contributed by atoms with Gasteiger partial charge >= 0.3 is 0 Å². The Kier molecular flexibility index (Phi) is 4.35. The van der Waals surface area contributed by atoms with Gasteiger partial charge in [0.2, 0.25) is 0 Å². The first-order valence-corrected chi connectivity index (χ1v) is 6.59. The van der Waals surface area contributed by atoms with Gasteiger partial charge in [0.15, 0.2) is 0 Å². The second-order valence-electron chi connectivity index (χ2n) is 4.95. The monoisotopic (exact) mass is 253 g/mol. The lowest BCUT2D eigenvalue weighted by atomic mass is 10.0. The van der Waals surface area contributed by atoms with Gasteiger partial charge in [0.1, 0.15) is 0 Å². The molecule has 2 rings (SSSR count). The van der Waals surface area contributed by atoms with Crippen molar-refractivity contribution in [3.63, 3.8) is 0 Å². The van der Waals surface area contributed by atoms with Crippen molar-refractivity contribution in [2.24, 2.45) is 0 Å². The molecule has 0 atom stereocenters. The van der Waals surface area contributed by atoms with E-state index in [4.69, 9.17) is 0 Å². The van der Waals surface area contributed by atoms with E-state index in [9.17, 15) is 4.79 Å². The summed E-state index contributed by atoms with van der Waals surface area (Å²) in [4.78, 5) is 12.1. The maximum Gasteiger partial charge on any atom is 0.251 e. The van der Waals surface area contributed by atoms with Gasteiger partial charge in [-0.3, -0.25) is 4.79 Å².